The summed E-state index contributed by atoms with van der Waals surface area (Å²) < 4.78 is 0. The third-order valence-corrected chi connectivity index (χ3v) is 6.82. The second-order valence-electron chi connectivity index (χ2n) is 9.07. The van der Waals surface area contributed by atoms with Gasteiger partial charge in [0.1, 0.15) is 0 Å². The number of anilines is 1. The lowest BCUT2D eigenvalue weighted by Gasteiger charge is -2.44. The molecule has 4 rings (SSSR count). The van der Waals surface area contributed by atoms with Gasteiger partial charge < -0.3 is 10.0 Å². The molecule has 0 bridgehead atoms. The van der Waals surface area contributed by atoms with Crippen molar-refractivity contribution in [3.8, 4) is 0 Å². The summed E-state index contributed by atoms with van der Waals surface area (Å²) in [4.78, 5) is 2.18. The maximum atomic E-state index is 11.9. The zero-order valence-electron chi connectivity index (χ0n) is 18.2. The maximum Gasteiger partial charge on any atom is 0.0719 e. The van der Waals surface area contributed by atoms with Crippen LogP contribution in [0.4, 0.5) is 5.69 Å². The van der Waals surface area contributed by atoms with Crippen molar-refractivity contribution in [2.45, 2.75) is 43.6 Å². The predicted molar refractivity (Wildman–Crippen MR) is 126 cm³/mol. The molecule has 0 amide bonds. The van der Waals surface area contributed by atoms with Crippen LogP contribution in [0.5, 0.6) is 0 Å². The quantitative estimate of drug-likeness (QED) is 0.562. The van der Waals surface area contributed by atoms with Crippen LogP contribution in [0, 0.1) is 5.92 Å². The summed E-state index contributed by atoms with van der Waals surface area (Å²) in [6, 6.07) is 30.0. The van der Waals surface area contributed by atoms with Crippen LogP contribution in [0.2, 0.25) is 0 Å². The highest BCUT2D eigenvalue weighted by Gasteiger charge is 2.42. The highest BCUT2D eigenvalue weighted by Crippen LogP contribution is 2.45. The monoisotopic (exact) mass is 399 g/mol. The maximum absolute atomic E-state index is 11.9. The molecule has 0 aliphatic heterocycles. The first-order chi connectivity index (χ1) is 14.5. The highest BCUT2D eigenvalue weighted by molar-refractivity contribution is 5.52. The summed E-state index contributed by atoms with van der Waals surface area (Å²) in [5, 5.41) is 11.9. The Morgan fingerprint density at radius 2 is 1.50 bits per heavy atom. The van der Waals surface area contributed by atoms with Gasteiger partial charge in [0, 0.05) is 26.2 Å². The summed E-state index contributed by atoms with van der Waals surface area (Å²) in [5.74, 6) is 0.733. The standard InChI is InChI=1S/C28H33NO/c1-29(2)27-16-10-9-15-25(27)20-26-19-24(23-13-7-4-8-14-23)17-18-28(26,30)21-22-11-5-3-6-12-22/h3-16,24,26,30H,17-21H2,1-2H3. The zero-order valence-corrected chi connectivity index (χ0v) is 18.2. The lowest BCUT2D eigenvalue weighted by molar-refractivity contribution is -0.0528. The third kappa shape index (κ3) is 4.60. The molecule has 3 atom stereocenters. The fraction of sp³-hybridized carbons (Fsp3) is 0.357. The van der Waals surface area contributed by atoms with Crippen molar-refractivity contribution >= 4 is 5.69 Å². The topological polar surface area (TPSA) is 23.5 Å². The van der Waals surface area contributed by atoms with Crippen molar-refractivity contribution in [1.82, 2.24) is 0 Å². The molecule has 2 heteroatoms. The molecule has 1 aliphatic rings. The molecule has 3 unspecified atom stereocenters. The molecule has 1 saturated carbocycles. The Kier molecular flexibility index (Phi) is 6.24. The van der Waals surface area contributed by atoms with Crippen LogP contribution in [0.15, 0.2) is 84.9 Å². The molecule has 3 aromatic carbocycles. The summed E-state index contributed by atoms with van der Waals surface area (Å²) in [7, 11) is 4.20. The number of aliphatic hydroxyl groups is 1. The van der Waals surface area contributed by atoms with Crippen LogP contribution >= 0.6 is 0 Å². The molecule has 0 radical (unpaired) electrons. The zero-order chi connectivity index (χ0) is 21.0. The Hall–Kier alpha value is -2.58. The summed E-state index contributed by atoms with van der Waals surface area (Å²) >= 11 is 0. The first-order valence-electron chi connectivity index (χ1n) is 11.1. The van der Waals surface area contributed by atoms with Gasteiger partial charge in [0.15, 0.2) is 0 Å². The molecule has 0 aromatic heterocycles. The van der Waals surface area contributed by atoms with Crippen LogP contribution in [-0.4, -0.2) is 24.8 Å². The highest BCUT2D eigenvalue weighted by atomic mass is 16.3. The van der Waals surface area contributed by atoms with E-state index in [-0.39, 0.29) is 5.92 Å². The Labute approximate surface area is 181 Å². The molecule has 0 saturated heterocycles. The van der Waals surface area contributed by atoms with E-state index >= 15 is 0 Å². The fourth-order valence-electron chi connectivity index (χ4n) is 5.18. The fourth-order valence-corrected chi connectivity index (χ4v) is 5.18. The molecule has 30 heavy (non-hydrogen) atoms. The van der Waals surface area contributed by atoms with Gasteiger partial charge in [0.25, 0.3) is 0 Å². The SMILES string of the molecule is CN(C)c1ccccc1CC1CC(c2ccccc2)CCC1(O)Cc1ccccc1. The second kappa shape index (κ2) is 9.06. The lowest BCUT2D eigenvalue weighted by Crippen LogP contribution is -2.45. The van der Waals surface area contributed by atoms with E-state index in [0.29, 0.717) is 5.92 Å². The van der Waals surface area contributed by atoms with Crippen LogP contribution in [0.3, 0.4) is 0 Å². The van der Waals surface area contributed by atoms with Crippen LogP contribution in [-0.2, 0) is 12.8 Å². The molecule has 156 valence electrons. The molecule has 1 aliphatic carbocycles. The minimum atomic E-state index is -0.675. The largest absolute Gasteiger partial charge is 0.389 e. The van der Waals surface area contributed by atoms with Gasteiger partial charge in [-0.1, -0.05) is 78.9 Å². The molecule has 1 N–H and O–H groups in total. The van der Waals surface area contributed by atoms with Gasteiger partial charge in [0.2, 0.25) is 0 Å². The van der Waals surface area contributed by atoms with Gasteiger partial charge in [-0.3, -0.25) is 0 Å². The van der Waals surface area contributed by atoms with E-state index in [1.165, 1.54) is 22.4 Å². The van der Waals surface area contributed by atoms with Crippen molar-refractivity contribution < 1.29 is 5.11 Å². The van der Waals surface area contributed by atoms with E-state index in [9.17, 15) is 5.11 Å². The molecular weight excluding hydrogens is 366 g/mol. The van der Waals surface area contributed by atoms with E-state index < -0.39 is 5.60 Å². The first-order valence-corrected chi connectivity index (χ1v) is 11.1. The van der Waals surface area contributed by atoms with Gasteiger partial charge in [0.05, 0.1) is 5.60 Å². The average molecular weight is 400 g/mol. The summed E-state index contributed by atoms with van der Waals surface area (Å²) in [6.07, 6.45) is 4.54. The van der Waals surface area contributed by atoms with E-state index in [1.807, 2.05) is 6.07 Å². The van der Waals surface area contributed by atoms with Crippen molar-refractivity contribution in [2.75, 3.05) is 19.0 Å². The number of nitrogens with zero attached hydrogens (tertiary/aromatic N) is 1. The molecule has 2 nitrogen and oxygen atoms in total. The smallest absolute Gasteiger partial charge is 0.0719 e. The van der Waals surface area contributed by atoms with E-state index in [1.54, 1.807) is 0 Å². The number of hydrogen-bond donors (Lipinski definition) is 1. The van der Waals surface area contributed by atoms with Crippen molar-refractivity contribution in [1.29, 1.82) is 0 Å². The molecule has 0 heterocycles. The number of hydrogen-bond acceptors (Lipinski definition) is 2. The van der Waals surface area contributed by atoms with E-state index in [2.05, 4.69) is 97.9 Å². The first kappa shape index (κ1) is 20.7. The average Bonchev–Trinajstić information content (AvgIpc) is 2.77. The number of para-hydroxylation sites is 1. The minimum Gasteiger partial charge on any atom is -0.389 e. The van der Waals surface area contributed by atoms with Crippen molar-refractivity contribution in [2.24, 2.45) is 5.92 Å². The Morgan fingerprint density at radius 1 is 0.867 bits per heavy atom. The predicted octanol–water partition coefficient (Wildman–Crippen LogP) is 5.85. The van der Waals surface area contributed by atoms with Crippen LogP contribution in [0.25, 0.3) is 0 Å². The van der Waals surface area contributed by atoms with E-state index in [0.717, 1.165) is 32.1 Å². The molecule has 1 fully saturated rings. The van der Waals surface area contributed by atoms with Gasteiger partial charge in [-0.05, 0) is 60.3 Å². The van der Waals surface area contributed by atoms with E-state index in [4.69, 9.17) is 0 Å². The molecular formula is C28H33NO. The van der Waals surface area contributed by atoms with Gasteiger partial charge in [-0.25, -0.2) is 0 Å². The Bertz CT molecular complexity index is 937. The molecule has 3 aromatic rings. The van der Waals surface area contributed by atoms with Crippen molar-refractivity contribution in [3.05, 3.63) is 102 Å². The summed E-state index contributed by atoms with van der Waals surface area (Å²) in [5.41, 5.74) is 4.54. The van der Waals surface area contributed by atoms with Crippen LogP contribution in [0.1, 0.15) is 41.9 Å². The minimum absolute atomic E-state index is 0.220. The Balaban J connectivity index is 1.64. The number of benzene rings is 3. The van der Waals surface area contributed by atoms with Gasteiger partial charge in [-0.15, -0.1) is 0 Å². The number of rotatable bonds is 6. The molecule has 0 spiro atoms. The Morgan fingerprint density at radius 3 is 2.20 bits per heavy atom. The van der Waals surface area contributed by atoms with Crippen LogP contribution < -0.4 is 4.90 Å². The normalized spacial score (nSPS) is 23.8. The second-order valence-corrected chi connectivity index (χ2v) is 9.07. The van der Waals surface area contributed by atoms with Crippen molar-refractivity contribution in [3.63, 3.8) is 0 Å². The summed E-state index contributed by atoms with van der Waals surface area (Å²) in [6.45, 7) is 0. The lowest BCUT2D eigenvalue weighted by atomic mass is 9.65. The van der Waals surface area contributed by atoms with Gasteiger partial charge in [-0.2, -0.15) is 0 Å². The third-order valence-electron chi connectivity index (χ3n) is 6.82. The van der Waals surface area contributed by atoms with Gasteiger partial charge >= 0.3 is 0 Å².